The van der Waals surface area contributed by atoms with Gasteiger partial charge in [-0.15, -0.1) is 0 Å². The van der Waals surface area contributed by atoms with Crippen molar-refractivity contribution in [1.82, 2.24) is 0 Å². The van der Waals surface area contributed by atoms with Crippen molar-refractivity contribution in [3.63, 3.8) is 0 Å². The molecule has 0 aliphatic rings. The maximum absolute atomic E-state index is 5.75. The molecule has 1 heteroatoms. The lowest BCUT2D eigenvalue weighted by molar-refractivity contribution is 0.647. The molecule has 0 aliphatic heterocycles. The molecule has 3 aromatic carbocycles. The minimum atomic E-state index is 0. The van der Waals surface area contributed by atoms with E-state index in [1.807, 2.05) is 12.1 Å². The second kappa shape index (κ2) is 17.4. The van der Waals surface area contributed by atoms with Crippen LogP contribution in [-0.4, -0.2) is 0 Å². The molecular formula is C32H47Cl. The molecule has 33 heavy (non-hydrogen) atoms. The first kappa shape index (κ1) is 30.9. The Kier molecular flexibility index (Phi) is 16.3. The van der Waals surface area contributed by atoms with Gasteiger partial charge in [0.05, 0.1) is 0 Å². The van der Waals surface area contributed by atoms with Crippen molar-refractivity contribution in [2.24, 2.45) is 17.8 Å². The highest BCUT2D eigenvalue weighted by Gasteiger charge is 1.97. The summed E-state index contributed by atoms with van der Waals surface area (Å²) in [7, 11) is 0. The SMILES string of the molecule is C.CC(C)Cc1ccc(Cl)cc1.CC(C)Cc1ccccc1.Cc1ccc(CC(C)C)cc1. The molecule has 0 spiro atoms. The van der Waals surface area contributed by atoms with Crippen LogP contribution in [0.15, 0.2) is 78.9 Å². The van der Waals surface area contributed by atoms with Crippen LogP contribution in [0, 0.1) is 24.7 Å². The topological polar surface area (TPSA) is 0 Å². The second-order valence-corrected chi connectivity index (χ2v) is 10.3. The minimum Gasteiger partial charge on any atom is -0.0843 e. The summed E-state index contributed by atoms with van der Waals surface area (Å²) in [4.78, 5) is 0. The normalized spacial score (nSPS) is 10.2. The minimum absolute atomic E-state index is 0. The Morgan fingerprint density at radius 1 is 0.515 bits per heavy atom. The molecule has 3 rings (SSSR count). The summed E-state index contributed by atoms with van der Waals surface area (Å²) in [6.07, 6.45) is 3.53. The van der Waals surface area contributed by atoms with Crippen LogP contribution in [0.25, 0.3) is 0 Å². The highest BCUT2D eigenvalue weighted by Crippen LogP contribution is 2.12. The number of rotatable bonds is 6. The maximum atomic E-state index is 5.75. The smallest absolute Gasteiger partial charge is 0.0406 e. The Bertz CT molecular complexity index is 776. The highest BCUT2D eigenvalue weighted by molar-refractivity contribution is 6.30. The Morgan fingerprint density at radius 2 is 0.848 bits per heavy atom. The summed E-state index contributed by atoms with van der Waals surface area (Å²) in [5, 5.41) is 0.817. The third-order valence-corrected chi connectivity index (χ3v) is 5.06. The molecule has 0 aliphatic carbocycles. The van der Waals surface area contributed by atoms with E-state index in [-0.39, 0.29) is 7.43 Å². The summed E-state index contributed by atoms with van der Waals surface area (Å²) in [6.45, 7) is 15.5. The number of halogens is 1. The van der Waals surface area contributed by atoms with Crippen molar-refractivity contribution in [3.05, 3.63) is 106 Å². The van der Waals surface area contributed by atoms with Gasteiger partial charge < -0.3 is 0 Å². The number of hydrogen-bond acceptors (Lipinski definition) is 0. The Hall–Kier alpha value is -2.05. The first-order valence-electron chi connectivity index (χ1n) is 12.0. The highest BCUT2D eigenvalue weighted by atomic mass is 35.5. The Morgan fingerprint density at radius 3 is 1.21 bits per heavy atom. The van der Waals surface area contributed by atoms with E-state index < -0.39 is 0 Å². The van der Waals surface area contributed by atoms with Crippen molar-refractivity contribution >= 4 is 11.6 Å². The first-order chi connectivity index (χ1) is 15.2. The lowest BCUT2D eigenvalue weighted by Crippen LogP contribution is -1.93. The summed E-state index contributed by atoms with van der Waals surface area (Å²) in [5.41, 5.74) is 5.60. The lowest BCUT2D eigenvalue weighted by atomic mass is 10.0. The van der Waals surface area contributed by atoms with Gasteiger partial charge in [0.15, 0.2) is 0 Å². The molecule has 0 unspecified atom stereocenters. The third kappa shape index (κ3) is 16.2. The van der Waals surface area contributed by atoms with Crippen molar-refractivity contribution in [2.75, 3.05) is 0 Å². The van der Waals surface area contributed by atoms with Gasteiger partial charge in [-0.3, -0.25) is 0 Å². The van der Waals surface area contributed by atoms with Gasteiger partial charge in [-0.2, -0.15) is 0 Å². The first-order valence-corrected chi connectivity index (χ1v) is 12.4. The van der Waals surface area contributed by atoms with E-state index in [1.165, 1.54) is 35.1 Å². The van der Waals surface area contributed by atoms with Crippen LogP contribution >= 0.6 is 11.6 Å². The van der Waals surface area contributed by atoms with Gasteiger partial charge in [0, 0.05) is 5.02 Å². The summed E-state index contributed by atoms with van der Waals surface area (Å²) < 4.78 is 0. The quantitative estimate of drug-likeness (QED) is 0.338. The molecule has 0 N–H and O–H groups in total. The van der Waals surface area contributed by atoms with Gasteiger partial charge >= 0.3 is 0 Å². The zero-order valence-electron chi connectivity index (χ0n) is 21.2. The molecule has 0 bridgehead atoms. The van der Waals surface area contributed by atoms with Crippen LogP contribution in [0.4, 0.5) is 0 Å². The van der Waals surface area contributed by atoms with E-state index in [0.29, 0.717) is 0 Å². The van der Waals surface area contributed by atoms with E-state index in [0.717, 1.165) is 29.2 Å². The Balaban J connectivity index is 0.000000459. The van der Waals surface area contributed by atoms with Gasteiger partial charge in [-0.05, 0) is 72.8 Å². The van der Waals surface area contributed by atoms with Crippen LogP contribution in [0.5, 0.6) is 0 Å². The van der Waals surface area contributed by atoms with Gasteiger partial charge in [0.2, 0.25) is 0 Å². The molecule has 0 atom stereocenters. The van der Waals surface area contributed by atoms with Crippen LogP contribution in [-0.2, 0) is 19.3 Å². The van der Waals surface area contributed by atoms with Crippen LogP contribution < -0.4 is 0 Å². The standard InChI is InChI=1S/C11H16.C10H13Cl.C10H14.CH4/c1-9(2)8-11-6-4-10(3)5-7-11;1-8(2)7-9-3-5-10(11)6-4-9;1-9(2)8-10-6-4-3-5-7-10;/h4-7,9H,8H2,1-3H3;3-6,8H,7H2,1-2H3;3-7,9H,8H2,1-2H3;1H4. The van der Waals surface area contributed by atoms with Crippen molar-refractivity contribution in [2.45, 2.75) is 75.2 Å². The monoisotopic (exact) mass is 466 g/mol. The fourth-order valence-electron chi connectivity index (χ4n) is 3.37. The van der Waals surface area contributed by atoms with Gasteiger partial charge in [-0.1, -0.05) is 133 Å². The Labute approximate surface area is 210 Å². The van der Waals surface area contributed by atoms with E-state index in [1.54, 1.807) is 0 Å². The zero-order valence-corrected chi connectivity index (χ0v) is 22.0. The van der Waals surface area contributed by atoms with E-state index >= 15 is 0 Å². The largest absolute Gasteiger partial charge is 0.0843 e. The fraction of sp³-hybridized carbons (Fsp3) is 0.438. The number of aryl methyl sites for hydroxylation is 1. The van der Waals surface area contributed by atoms with E-state index in [2.05, 4.69) is 115 Å². The molecule has 0 saturated heterocycles. The predicted molar refractivity (Wildman–Crippen MR) is 151 cm³/mol. The van der Waals surface area contributed by atoms with E-state index in [4.69, 9.17) is 11.6 Å². The van der Waals surface area contributed by atoms with Crippen LogP contribution in [0.1, 0.15) is 71.2 Å². The van der Waals surface area contributed by atoms with Gasteiger partial charge in [-0.25, -0.2) is 0 Å². The fourth-order valence-corrected chi connectivity index (χ4v) is 3.50. The van der Waals surface area contributed by atoms with Crippen LogP contribution in [0.2, 0.25) is 5.02 Å². The molecule has 0 heterocycles. The zero-order chi connectivity index (χ0) is 23.9. The molecule has 0 fully saturated rings. The molecule has 0 amide bonds. The average Bonchev–Trinajstić information content (AvgIpc) is 2.72. The average molecular weight is 467 g/mol. The number of benzene rings is 3. The van der Waals surface area contributed by atoms with Crippen molar-refractivity contribution in [3.8, 4) is 0 Å². The van der Waals surface area contributed by atoms with Crippen molar-refractivity contribution < 1.29 is 0 Å². The molecule has 0 nitrogen and oxygen atoms in total. The molecule has 0 saturated carbocycles. The predicted octanol–water partition coefficient (Wildman–Crippen LogP) is 10.3. The van der Waals surface area contributed by atoms with Gasteiger partial charge in [0.25, 0.3) is 0 Å². The van der Waals surface area contributed by atoms with Crippen LogP contribution in [0.3, 0.4) is 0 Å². The number of hydrogen-bond donors (Lipinski definition) is 0. The van der Waals surface area contributed by atoms with Crippen molar-refractivity contribution in [1.29, 1.82) is 0 Å². The summed E-state index contributed by atoms with van der Waals surface area (Å²) in [5.74, 6) is 2.25. The molecule has 0 aromatic heterocycles. The maximum Gasteiger partial charge on any atom is 0.0406 e. The third-order valence-electron chi connectivity index (χ3n) is 4.81. The van der Waals surface area contributed by atoms with E-state index in [9.17, 15) is 0 Å². The molecule has 3 aromatic rings. The lowest BCUT2D eigenvalue weighted by Gasteiger charge is -2.04. The second-order valence-electron chi connectivity index (χ2n) is 9.89. The molecule has 0 radical (unpaired) electrons. The summed E-state index contributed by atoms with van der Waals surface area (Å²) in [6, 6.07) is 27.5. The molecular weight excluding hydrogens is 420 g/mol. The van der Waals surface area contributed by atoms with Gasteiger partial charge in [0.1, 0.15) is 0 Å². The molecule has 182 valence electrons. The summed E-state index contributed by atoms with van der Waals surface area (Å²) >= 11 is 5.75.